The fourth-order valence-electron chi connectivity index (χ4n) is 1.40. The summed E-state index contributed by atoms with van der Waals surface area (Å²) in [6, 6.07) is -1.48. The van der Waals surface area contributed by atoms with Gasteiger partial charge >= 0.3 is 12.0 Å². The molecule has 0 radical (unpaired) electrons. The van der Waals surface area contributed by atoms with Gasteiger partial charge in [0.2, 0.25) is 5.91 Å². The third-order valence-electron chi connectivity index (χ3n) is 2.56. The number of carboxylic acid groups (broad SMARTS) is 1. The van der Waals surface area contributed by atoms with Gasteiger partial charge < -0.3 is 21.1 Å². The fraction of sp³-hybridized carbons (Fsp3) is 0.769. The molecule has 0 aliphatic carbocycles. The topological polar surface area (TPSA) is 108 Å². The lowest BCUT2D eigenvalue weighted by molar-refractivity contribution is -0.139. The van der Waals surface area contributed by atoms with Crippen LogP contribution >= 0.6 is 11.8 Å². The van der Waals surface area contributed by atoms with Crippen molar-refractivity contribution in [3.8, 4) is 0 Å². The van der Waals surface area contributed by atoms with Gasteiger partial charge in [-0.05, 0) is 24.3 Å². The van der Waals surface area contributed by atoms with E-state index in [1.165, 1.54) is 11.8 Å². The third kappa shape index (κ3) is 10.9. The number of carbonyl (C=O) groups excluding carboxylic acids is 2. The van der Waals surface area contributed by atoms with Gasteiger partial charge in [0.05, 0.1) is 0 Å². The molecule has 3 amide bonds. The van der Waals surface area contributed by atoms with Crippen molar-refractivity contribution in [2.75, 3.05) is 25.1 Å². The first-order valence-corrected chi connectivity index (χ1v) is 8.29. The number of hydrogen-bond acceptors (Lipinski definition) is 4. The van der Waals surface area contributed by atoms with Crippen molar-refractivity contribution in [3.05, 3.63) is 0 Å². The van der Waals surface area contributed by atoms with Gasteiger partial charge in [-0.3, -0.25) is 4.79 Å². The Hall–Kier alpha value is -1.44. The number of hydrogen-bond donors (Lipinski definition) is 4. The maximum atomic E-state index is 11.5. The molecule has 0 aromatic carbocycles. The van der Waals surface area contributed by atoms with Gasteiger partial charge in [0, 0.05) is 19.5 Å². The summed E-state index contributed by atoms with van der Waals surface area (Å²) in [5.41, 5.74) is 0. The van der Waals surface area contributed by atoms with Gasteiger partial charge in [0.1, 0.15) is 6.04 Å². The lowest BCUT2D eigenvalue weighted by atomic mass is 10.2. The first-order valence-electron chi connectivity index (χ1n) is 6.89. The Morgan fingerprint density at radius 1 is 1.19 bits per heavy atom. The second-order valence-electron chi connectivity index (χ2n) is 5.02. The smallest absolute Gasteiger partial charge is 0.326 e. The van der Waals surface area contributed by atoms with Crippen LogP contribution < -0.4 is 16.0 Å². The van der Waals surface area contributed by atoms with Gasteiger partial charge in [-0.15, -0.1) is 0 Å². The number of amides is 3. The predicted octanol–water partition coefficient (Wildman–Crippen LogP) is 0.654. The number of nitrogens with one attached hydrogen (secondary N) is 3. The molecule has 0 aromatic heterocycles. The van der Waals surface area contributed by atoms with Crippen LogP contribution in [0.4, 0.5) is 4.79 Å². The summed E-state index contributed by atoms with van der Waals surface area (Å²) in [5, 5.41) is 16.6. The van der Waals surface area contributed by atoms with Crippen LogP contribution in [0.3, 0.4) is 0 Å². The average Bonchev–Trinajstić information content (AvgIpc) is 2.40. The normalized spacial score (nSPS) is 11.8. The van der Waals surface area contributed by atoms with Gasteiger partial charge in [0.25, 0.3) is 0 Å². The molecular weight excluding hydrogens is 294 g/mol. The molecule has 4 N–H and O–H groups in total. The fourth-order valence-corrected chi connectivity index (χ4v) is 1.87. The van der Waals surface area contributed by atoms with Crippen LogP contribution in [0.1, 0.15) is 26.7 Å². The maximum Gasteiger partial charge on any atom is 0.326 e. The molecule has 0 unspecified atom stereocenters. The average molecular weight is 319 g/mol. The Morgan fingerprint density at radius 2 is 1.86 bits per heavy atom. The maximum absolute atomic E-state index is 11.5. The Morgan fingerprint density at radius 3 is 2.38 bits per heavy atom. The van der Waals surface area contributed by atoms with Gasteiger partial charge in [-0.1, -0.05) is 13.8 Å². The van der Waals surface area contributed by atoms with E-state index in [0.29, 0.717) is 24.6 Å². The van der Waals surface area contributed by atoms with E-state index < -0.39 is 18.0 Å². The van der Waals surface area contributed by atoms with E-state index >= 15 is 0 Å². The Kier molecular flexibility index (Phi) is 10.5. The number of carbonyl (C=O) groups is 3. The zero-order valence-electron chi connectivity index (χ0n) is 12.8. The highest BCUT2D eigenvalue weighted by Crippen LogP contribution is 2.00. The molecule has 1 atom stereocenters. The van der Waals surface area contributed by atoms with Crippen molar-refractivity contribution in [2.45, 2.75) is 32.7 Å². The molecular formula is C13H25N3O4S. The zero-order valence-corrected chi connectivity index (χ0v) is 13.6. The molecule has 0 spiro atoms. The van der Waals surface area contributed by atoms with Crippen molar-refractivity contribution in [1.29, 1.82) is 0 Å². The largest absolute Gasteiger partial charge is 0.480 e. The highest BCUT2D eigenvalue weighted by Gasteiger charge is 2.19. The molecule has 122 valence electrons. The quantitative estimate of drug-likeness (QED) is 0.473. The summed E-state index contributed by atoms with van der Waals surface area (Å²) < 4.78 is 0. The molecule has 0 aromatic rings. The van der Waals surface area contributed by atoms with Crippen molar-refractivity contribution >= 4 is 29.7 Å². The predicted molar refractivity (Wildman–Crippen MR) is 83.4 cm³/mol. The molecule has 0 aliphatic rings. The van der Waals surface area contributed by atoms with E-state index in [1.807, 2.05) is 20.1 Å². The Balaban J connectivity index is 3.91. The summed E-state index contributed by atoms with van der Waals surface area (Å²) in [4.78, 5) is 33.9. The molecule has 0 bridgehead atoms. The summed E-state index contributed by atoms with van der Waals surface area (Å²) in [6.07, 6.45) is 2.40. The van der Waals surface area contributed by atoms with E-state index in [4.69, 9.17) is 5.11 Å². The first kappa shape index (κ1) is 19.6. The molecule has 0 rings (SSSR count). The van der Waals surface area contributed by atoms with Crippen LogP contribution in [0, 0.1) is 5.92 Å². The molecule has 8 heteroatoms. The monoisotopic (exact) mass is 319 g/mol. The van der Waals surface area contributed by atoms with Crippen molar-refractivity contribution in [3.63, 3.8) is 0 Å². The summed E-state index contributed by atoms with van der Waals surface area (Å²) in [5.74, 6) is -0.178. The Labute approximate surface area is 129 Å². The minimum Gasteiger partial charge on any atom is -0.480 e. The van der Waals surface area contributed by atoms with Crippen LogP contribution in [0.25, 0.3) is 0 Å². The lowest BCUT2D eigenvalue weighted by Gasteiger charge is -2.14. The van der Waals surface area contributed by atoms with E-state index in [0.717, 1.165) is 0 Å². The van der Waals surface area contributed by atoms with Gasteiger partial charge in [0.15, 0.2) is 0 Å². The third-order valence-corrected chi connectivity index (χ3v) is 3.20. The number of carboxylic acids is 1. The highest BCUT2D eigenvalue weighted by atomic mass is 32.2. The molecule has 0 fully saturated rings. The molecule has 0 heterocycles. The SMILES string of the molecule is CSCC[C@@H](NC(=O)NCCC(=O)NCC(C)C)C(=O)O. The molecule has 21 heavy (non-hydrogen) atoms. The molecule has 0 saturated heterocycles. The van der Waals surface area contributed by atoms with E-state index in [9.17, 15) is 14.4 Å². The second-order valence-corrected chi connectivity index (χ2v) is 6.01. The van der Waals surface area contributed by atoms with Crippen molar-refractivity contribution in [1.82, 2.24) is 16.0 Å². The number of rotatable bonds is 10. The summed E-state index contributed by atoms with van der Waals surface area (Å²) in [7, 11) is 0. The zero-order chi connectivity index (χ0) is 16.3. The van der Waals surface area contributed by atoms with E-state index in [1.54, 1.807) is 0 Å². The van der Waals surface area contributed by atoms with Gasteiger partial charge in [-0.2, -0.15) is 11.8 Å². The number of thioether (sulfide) groups is 1. The summed E-state index contributed by atoms with van der Waals surface area (Å²) in [6.45, 7) is 4.75. The Bertz CT molecular complexity index is 350. The number of aliphatic carboxylic acids is 1. The highest BCUT2D eigenvalue weighted by molar-refractivity contribution is 7.98. The number of urea groups is 1. The minimum absolute atomic E-state index is 0.138. The second kappa shape index (κ2) is 11.2. The van der Waals surface area contributed by atoms with Crippen LogP contribution in [-0.2, 0) is 9.59 Å². The van der Waals surface area contributed by atoms with Crippen LogP contribution in [0.15, 0.2) is 0 Å². The van der Waals surface area contributed by atoms with Crippen LogP contribution in [0.5, 0.6) is 0 Å². The van der Waals surface area contributed by atoms with Crippen molar-refractivity contribution in [2.24, 2.45) is 5.92 Å². The minimum atomic E-state index is -1.06. The van der Waals surface area contributed by atoms with Crippen molar-refractivity contribution < 1.29 is 19.5 Å². The first-order chi connectivity index (χ1) is 9.86. The van der Waals surface area contributed by atoms with E-state index in [2.05, 4.69) is 16.0 Å². The summed E-state index contributed by atoms with van der Waals surface area (Å²) >= 11 is 1.52. The molecule has 7 nitrogen and oxygen atoms in total. The lowest BCUT2D eigenvalue weighted by Crippen LogP contribution is -2.47. The molecule has 0 saturated carbocycles. The van der Waals surface area contributed by atoms with E-state index in [-0.39, 0.29) is 18.9 Å². The standard InChI is InChI=1S/C13H25N3O4S/c1-9(2)8-15-11(17)4-6-14-13(20)16-10(12(18)19)5-7-21-3/h9-10H,4-8H2,1-3H3,(H,15,17)(H,18,19)(H2,14,16,20)/t10-/m1/s1. The van der Waals surface area contributed by atoms with Crippen LogP contribution in [0.2, 0.25) is 0 Å². The van der Waals surface area contributed by atoms with Gasteiger partial charge in [-0.25, -0.2) is 9.59 Å². The molecule has 0 aliphatic heterocycles. The van der Waals surface area contributed by atoms with Crippen LogP contribution in [-0.4, -0.2) is 54.2 Å².